The third-order valence-electron chi connectivity index (χ3n) is 5.98. The van der Waals surface area contributed by atoms with Gasteiger partial charge < -0.3 is 5.32 Å². The van der Waals surface area contributed by atoms with Gasteiger partial charge in [0, 0.05) is 17.0 Å². The maximum atomic E-state index is 13.2. The van der Waals surface area contributed by atoms with Crippen LogP contribution in [0.3, 0.4) is 0 Å². The molecule has 0 radical (unpaired) electrons. The summed E-state index contributed by atoms with van der Waals surface area (Å²) in [5.41, 5.74) is 3.34. The number of hydrogen-bond acceptors (Lipinski definition) is 4. The fraction of sp³-hybridized carbons (Fsp3) is 0.321. The van der Waals surface area contributed by atoms with Crippen molar-refractivity contribution in [1.82, 2.24) is 5.32 Å². The second-order valence-electron chi connectivity index (χ2n) is 9.46. The summed E-state index contributed by atoms with van der Waals surface area (Å²) in [7, 11) is -3.71. The lowest BCUT2D eigenvalue weighted by Crippen LogP contribution is -2.31. The van der Waals surface area contributed by atoms with Crippen LogP contribution in [0.5, 0.6) is 0 Å². The van der Waals surface area contributed by atoms with Crippen molar-refractivity contribution >= 4 is 33.4 Å². The van der Waals surface area contributed by atoms with Crippen molar-refractivity contribution in [1.29, 1.82) is 0 Å². The first kappa shape index (κ1) is 26.8. The largest absolute Gasteiger partial charge is 0.346 e. The summed E-state index contributed by atoms with van der Waals surface area (Å²) in [5, 5.41) is 3.03. The van der Waals surface area contributed by atoms with E-state index in [1.54, 1.807) is 67.2 Å². The number of hydrogen-bond donors (Lipinski definition) is 1. The van der Waals surface area contributed by atoms with Gasteiger partial charge in [-0.15, -0.1) is 11.8 Å². The fourth-order valence-electron chi connectivity index (χ4n) is 3.78. The first-order valence-corrected chi connectivity index (χ1v) is 14.3. The smallest absolute Gasteiger partial charge is 0.264 e. The molecule has 0 bridgehead atoms. The third-order valence-corrected chi connectivity index (χ3v) is 8.64. The lowest BCUT2D eigenvalue weighted by molar-refractivity contribution is 0.0940. The van der Waals surface area contributed by atoms with Gasteiger partial charge in [-0.2, -0.15) is 0 Å². The lowest BCUT2D eigenvalue weighted by Gasteiger charge is -2.23. The van der Waals surface area contributed by atoms with Crippen LogP contribution in [0.4, 0.5) is 5.69 Å². The molecule has 0 aliphatic heterocycles. The molecule has 0 unspecified atom stereocenters. The summed E-state index contributed by atoms with van der Waals surface area (Å²) in [6, 6.07) is 21.7. The Morgan fingerprint density at radius 2 is 1.51 bits per heavy atom. The molecule has 3 aromatic carbocycles. The van der Waals surface area contributed by atoms with Crippen LogP contribution in [0.15, 0.2) is 82.6 Å². The molecule has 3 rings (SSSR count). The molecule has 0 aliphatic rings. The molecular weight excluding hydrogens is 476 g/mol. The minimum Gasteiger partial charge on any atom is -0.346 e. The van der Waals surface area contributed by atoms with Gasteiger partial charge in [0.15, 0.2) is 0 Å². The molecule has 1 N–H and O–H groups in total. The zero-order valence-corrected chi connectivity index (χ0v) is 22.8. The highest BCUT2D eigenvalue weighted by Gasteiger charge is 2.24. The number of nitrogens with one attached hydrogen (secondary N) is 1. The van der Waals surface area contributed by atoms with E-state index in [4.69, 9.17) is 0 Å². The van der Waals surface area contributed by atoms with Crippen LogP contribution in [-0.4, -0.2) is 27.1 Å². The van der Waals surface area contributed by atoms with Gasteiger partial charge in [-0.05, 0) is 85.2 Å². The molecule has 5 nitrogen and oxygen atoms in total. The summed E-state index contributed by atoms with van der Waals surface area (Å²) >= 11 is 1.56. The number of nitrogens with zero attached hydrogens (tertiary/aromatic N) is 1. The highest BCUT2D eigenvalue weighted by atomic mass is 32.2. The fourth-order valence-corrected chi connectivity index (χ4v) is 5.66. The maximum Gasteiger partial charge on any atom is 0.264 e. The molecule has 1 amide bonds. The zero-order valence-electron chi connectivity index (χ0n) is 21.2. The van der Waals surface area contributed by atoms with Gasteiger partial charge in [0.1, 0.15) is 0 Å². The van der Waals surface area contributed by atoms with E-state index in [1.165, 1.54) is 9.87 Å². The molecule has 0 heterocycles. The quantitative estimate of drug-likeness (QED) is 0.356. The summed E-state index contributed by atoms with van der Waals surface area (Å²) in [6.45, 7) is 10.5. The Balaban J connectivity index is 1.73. The molecular formula is C28H34N2O3S2. The van der Waals surface area contributed by atoms with Crippen molar-refractivity contribution in [3.05, 3.63) is 89.5 Å². The van der Waals surface area contributed by atoms with E-state index in [1.807, 2.05) is 25.3 Å². The van der Waals surface area contributed by atoms with Crippen LogP contribution in [-0.2, 0) is 15.4 Å². The number of carbonyl (C=O) groups is 1. The highest BCUT2D eigenvalue weighted by Crippen LogP contribution is 2.27. The van der Waals surface area contributed by atoms with Gasteiger partial charge in [0.25, 0.3) is 15.9 Å². The van der Waals surface area contributed by atoms with Crippen molar-refractivity contribution in [3.63, 3.8) is 0 Å². The topological polar surface area (TPSA) is 66.5 Å². The highest BCUT2D eigenvalue weighted by molar-refractivity contribution is 7.98. The number of benzene rings is 3. The lowest BCUT2D eigenvalue weighted by atomic mass is 9.86. The van der Waals surface area contributed by atoms with E-state index in [-0.39, 0.29) is 28.8 Å². The average molecular weight is 511 g/mol. The summed E-state index contributed by atoms with van der Waals surface area (Å²) in [4.78, 5) is 14.1. The minimum absolute atomic E-state index is 0.0741. The molecule has 186 valence electrons. The zero-order chi connectivity index (χ0) is 25.8. The molecule has 1 atom stereocenters. The molecule has 3 aromatic rings. The molecule has 0 saturated carbocycles. The van der Waals surface area contributed by atoms with Gasteiger partial charge in [-0.25, -0.2) is 8.42 Å². The van der Waals surface area contributed by atoms with Gasteiger partial charge >= 0.3 is 0 Å². The van der Waals surface area contributed by atoms with E-state index < -0.39 is 10.0 Å². The van der Waals surface area contributed by atoms with Gasteiger partial charge in [-0.3, -0.25) is 9.10 Å². The number of anilines is 1. The SMILES string of the molecule is CCN(c1ccc(C(=O)N[C@H](C)c2ccc(C(C)(C)C)cc2)cc1)S(=O)(=O)c1ccc(SC)cc1. The third kappa shape index (κ3) is 6.27. The Morgan fingerprint density at radius 1 is 0.943 bits per heavy atom. The van der Waals surface area contributed by atoms with Crippen LogP contribution >= 0.6 is 11.8 Å². The molecule has 7 heteroatoms. The second kappa shape index (κ2) is 10.9. The van der Waals surface area contributed by atoms with Crippen LogP contribution in [0, 0.1) is 0 Å². The van der Waals surface area contributed by atoms with Gasteiger partial charge in [0.05, 0.1) is 16.6 Å². The van der Waals surface area contributed by atoms with Crippen molar-refractivity contribution in [3.8, 4) is 0 Å². The Morgan fingerprint density at radius 3 is 2.00 bits per heavy atom. The van der Waals surface area contributed by atoms with E-state index in [0.717, 1.165) is 10.5 Å². The first-order valence-electron chi connectivity index (χ1n) is 11.7. The monoisotopic (exact) mass is 510 g/mol. The maximum absolute atomic E-state index is 13.2. The van der Waals surface area contributed by atoms with Crippen molar-refractivity contribution in [2.24, 2.45) is 0 Å². The number of carbonyl (C=O) groups excluding carboxylic acids is 1. The summed E-state index contributed by atoms with van der Waals surface area (Å²) in [5.74, 6) is -0.206. The van der Waals surface area contributed by atoms with Crippen molar-refractivity contribution in [2.45, 2.75) is 55.9 Å². The number of rotatable bonds is 8. The van der Waals surface area contributed by atoms with Crippen molar-refractivity contribution in [2.75, 3.05) is 17.1 Å². The van der Waals surface area contributed by atoms with Crippen molar-refractivity contribution < 1.29 is 13.2 Å². The van der Waals surface area contributed by atoms with E-state index in [9.17, 15) is 13.2 Å². The number of thioether (sulfide) groups is 1. The minimum atomic E-state index is -3.71. The second-order valence-corrected chi connectivity index (χ2v) is 12.2. The van der Waals surface area contributed by atoms with E-state index in [2.05, 4.69) is 38.2 Å². The number of amides is 1. The van der Waals surface area contributed by atoms with Crippen LogP contribution in [0.25, 0.3) is 0 Å². The Kier molecular flexibility index (Phi) is 8.34. The first-order chi connectivity index (χ1) is 16.5. The predicted molar refractivity (Wildman–Crippen MR) is 146 cm³/mol. The standard InChI is InChI=1S/C28H34N2O3S2/c1-7-30(35(32,33)26-18-16-25(34-6)17-19-26)24-14-10-22(11-15-24)27(31)29-20(2)21-8-12-23(13-9-21)28(3,4)5/h8-20H,7H2,1-6H3,(H,29,31)/t20-/m1/s1. The number of sulfonamides is 1. The molecule has 0 saturated heterocycles. The van der Waals surface area contributed by atoms with E-state index in [0.29, 0.717) is 11.3 Å². The predicted octanol–water partition coefficient (Wildman–Crippen LogP) is 6.41. The Bertz CT molecular complexity index is 1250. The Hall–Kier alpha value is -2.77. The molecule has 0 aliphatic carbocycles. The normalized spacial score (nSPS) is 12.7. The van der Waals surface area contributed by atoms with Crippen LogP contribution < -0.4 is 9.62 Å². The van der Waals surface area contributed by atoms with Crippen LogP contribution in [0.2, 0.25) is 0 Å². The molecule has 0 spiro atoms. The Labute approximate surface area is 214 Å². The van der Waals surface area contributed by atoms with Gasteiger partial charge in [-0.1, -0.05) is 45.0 Å². The molecule has 0 aromatic heterocycles. The van der Waals surface area contributed by atoms with Gasteiger partial charge in [0.2, 0.25) is 0 Å². The average Bonchev–Trinajstić information content (AvgIpc) is 2.84. The van der Waals surface area contributed by atoms with E-state index >= 15 is 0 Å². The summed E-state index contributed by atoms with van der Waals surface area (Å²) in [6.07, 6.45) is 1.95. The molecule has 35 heavy (non-hydrogen) atoms. The summed E-state index contributed by atoms with van der Waals surface area (Å²) < 4.78 is 27.8. The van der Waals surface area contributed by atoms with Crippen LogP contribution in [0.1, 0.15) is 62.1 Å². The molecule has 0 fully saturated rings.